The summed E-state index contributed by atoms with van der Waals surface area (Å²) in [7, 11) is 0. The van der Waals surface area contributed by atoms with E-state index in [1.807, 2.05) is 53.1 Å². The fourth-order valence-electron chi connectivity index (χ4n) is 5.32. The summed E-state index contributed by atoms with van der Waals surface area (Å²) >= 11 is 0. The second-order valence-corrected chi connectivity index (χ2v) is 12.8. The minimum Gasteiger partial charge on any atom is -0.435 e. The van der Waals surface area contributed by atoms with E-state index in [-0.39, 0.29) is 6.04 Å². The largest absolute Gasteiger partial charge is 0.435 e. The normalized spacial score (nSPS) is 14.9. The molecule has 3 aromatic carbocycles. The van der Waals surface area contributed by atoms with Gasteiger partial charge in [0.15, 0.2) is 11.8 Å². The Labute approximate surface area is 277 Å². The molecule has 0 spiro atoms. The number of anilines is 3. The molecule has 0 amide bonds. The Bertz CT molecular complexity index is 1760. The van der Waals surface area contributed by atoms with Crippen LogP contribution in [0.25, 0.3) is 39.7 Å². The minimum atomic E-state index is 0.110. The lowest BCUT2D eigenvalue weighted by Crippen LogP contribution is -2.39. The third-order valence-electron chi connectivity index (χ3n) is 7.94. The number of nitrogens with zero attached hydrogens (tertiary/aromatic N) is 6. The topological polar surface area (TPSA) is 95.0 Å². The van der Waals surface area contributed by atoms with Crippen molar-refractivity contribution in [2.24, 2.45) is 11.8 Å². The summed E-state index contributed by atoms with van der Waals surface area (Å²) in [6, 6.07) is 28.7. The molecule has 1 unspecified atom stereocenters. The van der Waals surface area contributed by atoms with Crippen molar-refractivity contribution in [3.63, 3.8) is 0 Å². The van der Waals surface area contributed by atoms with Crippen LogP contribution in [0.3, 0.4) is 0 Å². The van der Waals surface area contributed by atoms with Gasteiger partial charge in [0.2, 0.25) is 23.6 Å². The number of oxazole rings is 1. The highest BCUT2D eigenvalue weighted by Gasteiger charge is 2.32. The zero-order chi connectivity index (χ0) is 32.9. The first-order valence-electron chi connectivity index (χ1n) is 16.3. The van der Waals surface area contributed by atoms with Crippen LogP contribution in [0, 0.1) is 11.8 Å². The second kappa shape index (κ2) is 14.0. The van der Waals surface area contributed by atoms with E-state index in [1.165, 1.54) is 0 Å². The fraction of sp³-hybridized carbons (Fsp3) is 0.289. The lowest BCUT2D eigenvalue weighted by molar-refractivity contribution is -0.464. The molecule has 0 fully saturated rings. The van der Waals surface area contributed by atoms with Crippen molar-refractivity contribution < 1.29 is 8.99 Å². The Morgan fingerprint density at radius 1 is 0.766 bits per heavy atom. The maximum absolute atomic E-state index is 6.44. The Morgan fingerprint density at radius 2 is 1.34 bits per heavy atom. The zero-order valence-electron chi connectivity index (χ0n) is 27.8. The van der Waals surface area contributed by atoms with Crippen molar-refractivity contribution in [1.29, 1.82) is 0 Å². The van der Waals surface area contributed by atoms with Gasteiger partial charge in [-0.3, -0.25) is 0 Å². The Hall–Kier alpha value is -5.31. The van der Waals surface area contributed by atoms with Crippen molar-refractivity contribution in [3.8, 4) is 34.0 Å². The Balaban J connectivity index is 1.32. The number of rotatable bonds is 11. The van der Waals surface area contributed by atoms with Crippen LogP contribution < -0.4 is 15.5 Å². The average Bonchev–Trinajstić information content (AvgIpc) is 3.54. The summed E-state index contributed by atoms with van der Waals surface area (Å²) in [5.41, 5.74) is 5.59. The minimum absolute atomic E-state index is 0.110. The number of hydrogen-bond donors (Lipinski definition) is 2. The van der Waals surface area contributed by atoms with E-state index in [1.54, 1.807) is 0 Å². The third-order valence-corrected chi connectivity index (χ3v) is 7.94. The molecule has 47 heavy (non-hydrogen) atoms. The highest BCUT2D eigenvalue weighted by atomic mass is 16.4. The first-order chi connectivity index (χ1) is 22.7. The monoisotopic (exact) mass is 627 g/mol. The van der Waals surface area contributed by atoms with Crippen LogP contribution in [0.4, 0.5) is 17.6 Å². The molecule has 0 bridgehead atoms. The molecule has 9 heteroatoms. The van der Waals surface area contributed by atoms with E-state index in [4.69, 9.17) is 19.4 Å². The maximum Gasteiger partial charge on any atom is 0.266 e. The first-order valence-corrected chi connectivity index (χ1v) is 16.3. The van der Waals surface area contributed by atoms with Gasteiger partial charge in [-0.2, -0.15) is 19.5 Å². The number of nitrogens with one attached hydrogen (secondary N) is 2. The molecule has 1 atom stereocenters. The quantitative estimate of drug-likeness (QED) is 0.143. The van der Waals surface area contributed by atoms with Gasteiger partial charge in [-0.15, -0.1) is 0 Å². The van der Waals surface area contributed by atoms with Crippen molar-refractivity contribution in [2.75, 3.05) is 35.2 Å². The van der Waals surface area contributed by atoms with Crippen LogP contribution in [-0.4, -0.2) is 56.9 Å². The summed E-state index contributed by atoms with van der Waals surface area (Å²) in [5, 5.41) is 6.74. The van der Waals surface area contributed by atoms with Gasteiger partial charge < -0.3 is 20.0 Å². The molecule has 1 aliphatic rings. The predicted molar refractivity (Wildman–Crippen MR) is 191 cm³/mol. The van der Waals surface area contributed by atoms with Crippen molar-refractivity contribution in [2.45, 2.75) is 40.7 Å². The lowest BCUT2D eigenvalue weighted by atomic mass is 10.1. The van der Waals surface area contributed by atoms with Gasteiger partial charge in [-0.05, 0) is 43.0 Å². The van der Waals surface area contributed by atoms with Crippen LogP contribution >= 0.6 is 0 Å². The number of benzene rings is 3. The summed E-state index contributed by atoms with van der Waals surface area (Å²) in [6.07, 6.45) is 2.07. The standard InChI is InChI=1S/C38H43N8O/c1-25(2)21-39-37-42-35(43-38(44-37)40-22-26(3)4)32-24-46(23-27(5)45(32)6)31-19-17-30(18-20-31)36-41-33(28-13-9-7-10-14-28)34(47-36)29-15-11-8-12-16-29/h7-20,24-27H,6,21-23H2,1-5H3,(H2,39,40,42,43,44)/q+1. The number of aromatic nitrogens is 4. The molecule has 0 radical (unpaired) electrons. The maximum atomic E-state index is 6.44. The van der Waals surface area contributed by atoms with Gasteiger partial charge in [-0.1, -0.05) is 88.4 Å². The Morgan fingerprint density at radius 3 is 1.91 bits per heavy atom. The molecule has 240 valence electrons. The molecule has 3 heterocycles. The summed E-state index contributed by atoms with van der Waals surface area (Å²) in [5.74, 6) is 3.90. The van der Waals surface area contributed by atoms with Crippen LogP contribution in [0.15, 0.2) is 95.5 Å². The number of hydrogen-bond acceptors (Lipinski definition) is 8. The van der Waals surface area contributed by atoms with Gasteiger partial charge in [0, 0.05) is 35.5 Å². The van der Waals surface area contributed by atoms with Crippen LogP contribution in [-0.2, 0) is 0 Å². The lowest BCUT2D eigenvalue weighted by Gasteiger charge is -2.28. The molecule has 0 saturated carbocycles. The molecular formula is C38H43N8O+. The van der Waals surface area contributed by atoms with Crippen LogP contribution in [0.5, 0.6) is 0 Å². The van der Waals surface area contributed by atoms with E-state index in [9.17, 15) is 0 Å². The van der Waals surface area contributed by atoms with Crippen molar-refractivity contribution >= 4 is 30.0 Å². The molecule has 6 rings (SSSR count). The van der Waals surface area contributed by atoms with E-state index in [0.29, 0.717) is 35.4 Å². The predicted octanol–water partition coefficient (Wildman–Crippen LogP) is 7.92. The SMILES string of the molecule is C=[N+]1C(c2nc(NCC(C)C)nc(NCC(C)C)n2)=CN(c2ccc(-c3nc(-c4ccccc4)c(-c4ccccc4)o3)cc2)CC1C. The highest BCUT2D eigenvalue weighted by molar-refractivity contribution is 5.79. The van der Waals surface area contributed by atoms with Crippen LogP contribution in [0.2, 0.25) is 0 Å². The van der Waals surface area contributed by atoms with E-state index in [2.05, 4.69) is 104 Å². The van der Waals surface area contributed by atoms with Gasteiger partial charge in [0.1, 0.15) is 12.4 Å². The zero-order valence-corrected chi connectivity index (χ0v) is 27.8. The molecule has 5 aromatic rings. The van der Waals surface area contributed by atoms with Gasteiger partial charge in [0.05, 0.1) is 12.7 Å². The molecule has 1 aliphatic heterocycles. The summed E-state index contributed by atoms with van der Waals surface area (Å²) < 4.78 is 8.43. The average molecular weight is 628 g/mol. The van der Waals surface area contributed by atoms with Gasteiger partial charge in [-0.25, -0.2) is 4.98 Å². The third kappa shape index (κ3) is 7.41. The fourth-order valence-corrected chi connectivity index (χ4v) is 5.32. The Kier molecular flexibility index (Phi) is 9.42. The smallest absolute Gasteiger partial charge is 0.266 e. The van der Waals surface area contributed by atoms with Crippen molar-refractivity contribution in [3.05, 3.63) is 97.0 Å². The van der Waals surface area contributed by atoms with Gasteiger partial charge >= 0.3 is 0 Å². The molecule has 2 N–H and O–H groups in total. The van der Waals surface area contributed by atoms with Crippen molar-refractivity contribution in [1.82, 2.24) is 19.9 Å². The molecule has 9 nitrogen and oxygen atoms in total. The summed E-state index contributed by atoms with van der Waals surface area (Å²) in [6.45, 7) is 17.4. The molecule has 0 saturated heterocycles. The molecule has 0 aliphatic carbocycles. The molecule has 2 aromatic heterocycles. The van der Waals surface area contributed by atoms with E-state index >= 15 is 0 Å². The van der Waals surface area contributed by atoms with Gasteiger partial charge in [0.25, 0.3) is 5.70 Å². The summed E-state index contributed by atoms with van der Waals surface area (Å²) in [4.78, 5) is 21.5. The van der Waals surface area contributed by atoms with E-state index in [0.717, 1.165) is 59.2 Å². The van der Waals surface area contributed by atoms with E-state index < -0.39 is 0 Å². The second-order valence-electron chi connectivity index (χ2n) is 12.8. The highest BCUT2D eigenvalue weighted by Crippen LogP contribution is 2.36. The first kappa shape index (κ1) is 31.7. The van der Waals surface area contributed by atoms with Crippen LogP contribution in [0.1, 0.15) is 40.4 Å². The molecular weight excluding hydrogens is 584 g/mol.